The zero-order chi connectivity index (χ0) is 11.3. The van der Waals surface area contributed by atoms with Crippen molar-refractivity contribution in [2.45, 2.75) is 0 Å². The van der Waals surface area contributed by atoms with Crippen molar-refractivity contribution in [3.63, 3.8) is 0 Å². The highest BCUT2D eigenvalue weighted by atomic mass is 35.5. The van der Waals surface area contributed by atoms with E-state index in [0.717, 1.165) is 0 Å². The highest BCUT2D eigenvalue weighted by molar-refractivity contribution is 6.35. The molecule has 1 aromatic carbocycles. The first kappa shape index (κ1) is 11.9. The third kappa shape index (κ3) is 3.85. The second-order valence-electron chi connectivity index (χ2n) is 2.62. The average molecular weight is 249 g/mol. The third-order valence-corrected chi connectivity index (χ3v) is 2.11. The number of hydrogen-bond donors (Lipinski definition) is 2. The predicted molar refractivity (Wildman–Crippen MR) is 59.5 cm³/mol. The van der Waals surface area contributed by atoms with Crippen LogP contribution in [0, 0.1) is 0 Å². The maximum absolute atomic E-state index is 10.8. The van der Waals surface area contributed by atoms with E-state index in [1.807, 2.05) is 0 Å². The first-order valence-electron chi connectivity index (χ1n) is 4.17. The van der Waals surface area contributed by atoms with E-state index < -0.39 is 0 Å². The van der Waals surface area contributed by atoms with Gasteiger partial charge in [0.15, 0.2) is 6.73 Å². The molecule has 0 unspecified atom stereocenters. The minimum absolute atomic E-state index is 0.0427. The van der Waals surface area contributed by atoms with Crippen molar-refractivity contribution in [3.8, 4) is 5.75 Å². The Morgan fingerprint density at radius 3 is 2.80 bits per heavy atom. The average Bonchev–Trinajstić information content (AvgIpc) is 2.21. The van der Waals surface area contributed by atoms with E-state index in [9.17, 15) is 4.79 Å². The summed E-state index contributed by atoms with van der Waals surface area (Å²) in [5.41, 5.74) is 0. The summed E-state index contributed by atoms with van der Waals surface area (Å²) in [5, 5.41) is 5.79. The summed E-state index contributed by atoms with van der Waals surface area (Å²) >= 11 is 11.5. The molecule has 0 bridgehead atoms. The van der Waals surface area contributed by atoms with Crippen LogP contribution in [-0.4, -0.2) is 19.8 Å². The fourth-order valence-electron chi connectivity index (χ4n) is 0.860. The molecule has 2 N–H and O–H groups in total. The summed E-state index contributed by atoms with van der Waals surface area (Å²) in [6, 6.07) is 4.54. The maximum Gasteiger partial charge on any atom is 0.317 e. The molecule has 1 rings (SSSR count). The molecule has 0 aliphatic rings. The van der Waals surface area contributed by atoms with E-state index in [2.05, 4.69) is 10.6 Å². The monoisotopic (exact) mass is 248 g/mol. The predicted octanol–water partition coefficient (Wildman–Crippen LogP) is 2.26. The Balaban J connectivity index is 2.47. The molecule has 15 heavy (non-hydrogen) atoms. The molecule has 82 valence electrons. The lowest BCUT2D eigenvalue weighted by atomic mass is 10.3. The van der Waals surface area contributed by atoms with E-state index in [4.69, 9.17) is 27.9 Å². The van der Waals surface area contributed by atoms with Crippen LogP contribution in [0.15, 0.2) is 18.2 Å². The number of hydrogen-bond acceptors (Lipinski definition) is 2. The Hall–Kier alpha value is -1.13. The van der Waals surface area contributed by atoms with Gasteiger partial charge in [0.05, 0.1) is 5.02 Å². The summed E-state index contributed by atoms with van der Waals surface area (Å²) in [5.74, 6) is 0.470. The van der Waals surface area contributed by atoms with Gasteiger partial charge in [-0.15, -0.1) is 0 Å². The van der Waals surface area contributed by atoms with Crippen LogP contribution in [-0.2, 0) is 0 Å². The Kier molecular flexibility index (Phi) is 4.52. The number of rotatable bonds is 3. The molecular weight excluding hydrogens is 239 g/mol. The Morgan fingerprint density at radius 1 is 1.47 bits per heavy atom. The van der Waals surface area contributed by atoms with Gasteiger partial charge in [0, 0.05) is 12.1 Å². The van der Waals surface area contributed by atoms with Crippen LogP contribution >= 0.6 is 23.2 Å². The van der Waals surface area contributed by atoms with Crippen LogP contribution in [0.2, 0.25) is 10.0 Å². The van der Waals surface area contributed by atoms with Gasteiger partial charge >= 0.3 is 6.03 Å². The molecule has 0 fully saturated rings. The molecule has 0 aromatic heterocycles. The third-order valence-electron chi connectivity index (χ3n) is 1.58. The number of amides is 2. The number of halogens is 2. The van der Waals surface area contributed by atoms with Crippen molar-refractivity contribution in [2.75, 3.05) is 13.8 Å². The molecule has 0 radical (unpaired) electrons. The van der Waals surface area contributed by atoms with E-state index in [0.29, 0.717) is 15.8 Å². The standard InChI is InChI=1S/C9H10Cl2N2O2/c1-12-9(14)13-5-15-8-3-2-6(10)4-7(8)11/h2-4H,5H2,1H3,(H2,12,13,14). The number of nitrogens with one attached hydrogen (secondary N) is 2. The molecule has 0 aliphatic carbocycles. The first-order chi connectivity index (χ1) is 7.13. The van der Waals surface area contributed by atoms with Crippen LogP contribution in [0.3, 0.4) is 0 Å². The van der Waals surface area contributed by atoms with Crippen LogP contribution in [0.25, 0.3) is 0 Å². The molecule has 0 aliphatic heterocycles. The quantitative estimate of drug-likeness (QED) is 0.807. The van der Waals surface area contributed by atoms with Gasteiger partial charge in [0.25, 0.3) is 0 Å². The van der Waals surface area contributed by atoms with Gasteiger partial charge in [-0.1, -0.05) is 23.2 Å². The zero-order valence-electron chi connectivity index (χ0n) is 8.01. The Labute approximate surface area is 97.5 Å². The summed E-state index contributed by atoms with van der Waals surface area (Å²) in [7, 11) is 1.52. The van der Waals surface area contributed by atoms with Gasteiger partial charge in [-0.05, 0) is 18.2 Å². The largest absolute Gasteiger partial charge is 0.472 e. The molecule has 0 atom stereocenters. The highest BCUT2D eigenvalue weighted by Crippen LogP contribution is 2.27. The number of urea groups is 1. The van der Waals surface area contributed by atoms with Crippen LogP contribution < -0.4 is 15.4 Å². The van der Waals surface area contributed by atoms with Crippen LogP contribution in [0.5, 0.6) is 5.75 Å². The topological polar surface area (TPSA) is 50.4 Å². The van der Waals surface area contributed by atoms with Gasteiger partial charge in [-0.25, -0.2) is 4.79 Å². The van der Waals surface area contributed by atoms with E-state index >= 15 is 0 Å². The molecule has 0 saturated carbocycles. The van der Waals surface area contributed by atoms with Gasteiger partial charge in [0.1, 0.15) is 5.75 Å². The fourth-order valence-corrected chi connectivity index (χ4v) is 1.32. The van der Waals surface area contributed by atoms with Crippen molar-refractivity contribution in [1.29, 1.82) is 0 Å². The van der Waals surface area contributed by atoms with Crippen molar-refractivity contribution >= 4 is 29.2 Å². The number of benzene rings is 1. The fraction of sp³-hybridized carbons (Fsp3) is 0.222. The van der Waals surface area contributed by atoms with Crippen molar-refractivity contribution in [3.05, 3.63) is 28.2 Å². The van der Waals surface area contributed by atoms with Gasteiger partial charge in [-0.3, -0.25) is 0 Å². The molecule has 2 amide bonds. The Bertz CT molecular complexity index is 358. The highest BCUT2D eigenvalue weighted by Gasteiger charge is 2.02. The summed E-state index contributed by atoms with van der Waals surface area (Å²) < 4.78 is 5.20. The van der Waals surface area contributed by atoms with Crippen LogP contribution in [0.1, 0.15) is 0 Å². The van der Waals surface area contributed by atoms with Crippen molar-refractivity contribution in [1.82, 2.24) is 10.6 Å². The summed E-state index contributed by atoms with van der Waals surface area (Å²) in [6.07, 6.45) is 0. The lowest BCUT2D eigenvalue weighted by Crippen LogP contribution is -2.35. The van der Waals surface area contributed by atoms with E-state index in [1.165, 1.54) is 7.05 Å². The second-order valence-corrected chi connectivity index (χ2v) is 3.46. The number of carbonyl (C=O) groups excluding carboxylic acids is 1. The number of carbonyl (C=O) groups is 1. The van der Waals surface area contributed by atoms with Crippen molar-refractivity contribution < 1.29 is 9.53 Å². The van der Waals surface area contributed by atoms with Gasteiger partial charge < -0.3 is 15.4 Å². The molecule has 6 heteroatoms. The van der Waals surface area contributed by atoms with Crippen LogP contribution in [0.4, 0.5) is 4.79 Å². The molecule has 0 saturated heterocycles. The van der Waals surface area contributed by atoms with E-state index in [1.54, 1.807) is 18.2 Å². The normalized spacial score (nSPS) is 9.53. The molecule has 1 aromatic rings. The van der Waals surface area contributed by atoms with Crippen molar-refractivity contribution in [2.24, 2.45) is 0 Å². The lowest BCUT2D eigenvalue weighted by molar-refractivity contribution is 0.226. The Morgan fingerprint density at radius 2 is 2.20 bits per heavy atom. The molecular formula is C9H10Cl2N2O2. The number of ether oxygens (including phenoxy) is 1. The first-order valence-corrected chi connectivity index (χ1v) is 4.92. The van der Waals surface area contributed by atoms with Gasteiger partial charge in [0.2, 0.25) is 0 Å². The summed E-state index contributed by atoms with van der Waals surface area (Å²) in [6.45, 7) is 0.0427. The molecule has 4 nitrogen and oxygen atoms in total. The molecule has 0 spiro atoms. The minimum Gasteiger partial charge on any atom is -0.472 e. The summed E-state index contributed by atoms with van der Waals surface area (Å²) in [4.78, 5) is 10.8. The second kappa shape index (κ2) is 5.68. The minimum atomic E-state index is -0.319. The van der Waals surface area contributed by atoms with Gasteiger partial charge in [-0.2, -0.15) is 0 Å². The SMILES string of the molecule is CNC(=O)NCOc1ccc(Cl)cc1Cl. The lowest BCUT2D eigenvalue weighted by Gasteiger charge is -2.08. The maximum atomic E-state index is 10.8. The molecule has 0 heterocycles. The smallest absolute Gasteiger partial charge is 0.317 e. The zero-order valence-corrected chi connectivity index (χ0v) is 9.52. The van der Waals surface area contributed by atoms with E-state index in [-0.39, 0.29) is 12.8 Å².